The number of hydrogen-bond donors (Lipinski definition) is 0. The summed E-state index contributed by atoms with van der Waals surface area (Å²) < 4.78 is 0. The largest absolute Gasteiger partial charge is 2.00 e. The average molecular weight is 224 g/mol. The Balaban J connectivity index is 0. The van der Waals surface area contributed by atoms with E-state index >= 15 is 0 Å². The molecule has 1 rings (SSSR count). The molecule has 0 bridgehead atoms. The number of hydrogen-bond acceptors (Lipinski definition) is 0. The van der Waals surface area contributed by atoms with Gasteiger partial charge in [-0.2, -0.15) is 12.3 Å². The Morgan fingerprint density at radius 1 is 1.23 bits per heavy atom. The SMILES string of the molecule is CC1[CH-]CCCC1C(C)(C)C.[CH3-].[Fe+2]. The van der Waals surface area contributed by atoms with Crippen molar-refractivity contribution >= 4 is 0 Å². The van der Waals surface area contributed by atoms with Crippen LogP contribution in [0, 0.1) is 31.1 Å². The first-order chi connectivity index (χ1) is 5.02. The Hall–Kier alpha value is 0.519. The fourth-order valence-electron chi connectivity index (χ4n) is 2.37. The first-order valence-electron chi connectivity index (χ1n) is 4.85. The summed E-state index contributed by atoms with van der Waals surface area (Å²) in [5.41, 5.74) is 0.510. The van der Waals surface area contributed by atoms with Gasteiger partial charge in [0.15, 0.2) is 0 Å². The smallest absolute Gasteiger partial charge is 0.358 e. The van der Waals surface area contributed by atoms with E-state index in [1.165, 1.54) is 19.3 Å². The van der Waals surface area contributed by atoms with E-state index < -0.39 is 0 Å². The summed E-state index contributed by atoms with van der Waals surface area (Å²) in [7, 11) is 0. The molecule has 0 saturated heterocycles. The molecule has 0 nitrogen and oxygen atoms in total. The van der Waals surface area contributed by atoms with Gasteiger partial charge in [-0.25, -0.2) is 0 Å². The molecule has 2 atom stereocenters. The van der Waals surface area contributed by atoms with Crippen LogP contribution >= 0.6 is 0 Å². The third-order valence-corrected chi connectivity index (χ3v) is 3.00. The minimum atomic E-state index is 0. The Kier molecular flexibility index (Phi) is 7.48. The molecule has 0 aromatic heterocycles. The summed E-state index contributed by atoms with van der Waals surface area (Å²) in [6, 6.07) is 0. The van der Waals surface area contributed by atoms with Crippen LogP contribution in [0.15, 0.2) is 0 Å². The van der Waals surface area contributed by atoms with Crippen LogP contribution in [0.25, 0.3) is 0 Å². The van der Waals surface area contributed by atoms with Crippen LogP contribution in [0.2, 0.25) is 0 Å². The van der Waals surface area contributed by atoms with Crippen molar-refractivity contribution in [1.82, 2.24) is 0 Å². The molecule has 1 heteroatoms. The van der Waals surface area contributed by atoms with Gasteiger partial charge < -0.3 is 13.8 Å². The molecule has 1 aliphatic carbocycles. The van der Waals surface area contributed by atoms with Gasteiger partial charge in [0.2, 0.25) is 0 Å². The second kappa shape index (κ2) is 6.09. The molecular formula is C12H24Fe. The van der Waals surface area contributed by atoms with E-state index in [2.05, 4.69) is 34.1 Å². The zero-order chi connectivity index (χ0) is 8.48. The molecule has 13 heavy (non-hydrogen) atoms. The van der Waals surface area contributed by atoms with E-state index in [0.717, 1.165) is 11.8 Å². The fraction of sp³-hybridized carbons (Fsp3) is 0.833. The molecule has 2 unspecified atom stereocenters. The molecule has 1 fully saturated rings. The van der Waals surface area contributed by atoms with Gasteiger partial charge in [0.25, 0.3) is 0 Å². The molecule has 1 saturated carbocycles. The van der Waals surface area contributed by atoms with E-state index in [0.29, 0.717) is 5.41 Å². The third-order valence-electron chi connectivity index (χ3n) is 3.00. The zero-order valence-electron chi connectivity index (χ0n) is 9.71. The van der Waals surface area contributed by atoms with Crippen molar-refractivity contribution in [3.63, 3.8) is 0 Å². The zero-order valence-corrected chi connectivity index (χ0v) is 10.8. The molecule has 0 amide bonds. The number of rotatable bonds is 0. The van der Waals surface area contributed by atoms with E-state index in [1.807, 2.05) is 0 Å². The maximum atomic E-state index is 2.50. The van der Waals surface area contributed by atoms with Crippen LogP contribution in [0.4, 0.5) is 0 Å². The van der Waals surface area contributed by atoms with Gasteiger partial charge in [-0.15, -0.1) is 0 Å². The molecule has 0 spiro atoms. The minimum Gasteiger partial charge on any atom is -0.358 e. The van der Waals surface area contributed by atoms with Gasteiger partial charge in [0, 0.05) is 0 Å². The second-order valence-corrected chi connectivity index (χ2v) is 5.00. The van der Waals surface area contributed by atoms with Gasteiger partial charge in [0.1, 0.15) is 0 Å². The maximum Gasteiger partial charge on any atom is 2.00 e. The predicted molar refractivity (Wildman–Crippen MR) is 56.7 cm³/mol. The molecule has 1 aliphatic rings. The quantitative estimate of drug-likeness (QED) is 0.429. The Labute approximate surface area is 95.3 Å². The average Bonchev–Trinajstić information content (AvgIpc) is 1.86. The van der Waals surface area contributed by atoms with Crippen LogP contribution < -0.4 is 0 Å². The standard InChI is InChI=1S/C11H21.CH3.Fe/c1-9-7-5-6-8-10(9)11(2,3)4;;/h7,9-10H,5-6,8H2,1-4H3;1H3;/q2*-1;+2. The van der Waals surface area contributed by atoms with Crippen LogP contribution in [0.1, 0.15) is 47.0 Å². The predicted octanol–water partition coefficient (Wildman–Crippen LogP) is 4.12. The summed E-state index contributed by atoms with van der Waals surface area (Å²) in [5.74, 6) is 1.75. The van der Waals surface area contributed by atoms with E-state index in [4.69, 9.17) is 0 Å². The van der Waals surface area contributed by atoms with Gasteiger partial charge in [-0.1, -0.05) is 46.5 Å². The van der Waals surface area contributed by atoms with Crippen LogP contribution in [0.5, 0.6) is 0 Å². The van der Waals surface area contributed by atoms with Gasteiger partial charge in [-0.05, 0) is 5.41 Å². The normalized spacial score (nSPS) is 28.6. The molecule has 0 aromatic rings. The van der Waals surface area contributed by atoms with Crippen molar-refractivity contribution in [1.29, 1.82) is 0 Å². The minimum absolute atomic E-state index is 0. The van der Waals surface area contributed by atoms with Crippen molar-refractivity contribution in [2.75, 3.05) is 0 Å². The summed E-state index contributed by atoms with van der Waals surface area (Å²) in [6.45, 7) is 9.48. The summed E-state index contributed by atoms with van der Waals surface area (Å²) >= 11 is 0. The van der Waals surface area contributed by atoms with E-state index in [-0.39, 0.29) is 24.5 Å². The second-order valence-electron chi connectivity index (χ2n) is 5.00. The topological polar surface area (TPSA) is 0 Å². The molecule has 0 aromatic carbocycles. The first-order valence-corrected chi connectivity index (χ1v) is 4.85. The van der Waals surface area contributed by atoms with Gasteiger partial charge in [-0.3, -0.25) is 0 Å². The maximum absolute atomic E-state index is 2.50. The summed E-state index contributed by atoms with van der Waals surface area (Å²) in [5, 5.41) is 0. The fourth-order valence-corrected chi connectivity index (χ4v) is 2.37. The monoisotopic (exact) mass is 224 g/mol. The molecular weight excluding hydrogens is 200 g/mol. The molecule has 0 heterocycles. The van der Waals surface area contributed by atoms with Crippen LogP contribution in [-0.4, -0.2) is 0 Å². The van der Waals surface area contributed by atoms with Crippen molar-refractivity contribution in [2.45, 2.75) is 47.0 Å². The van der Waals surface area contributed by atoms with Crippen molar-refractivity contribution in [2.24, 2.45) is 17.3 Å². The van der Waals surface area contributed by atoms with Gasteiger partial charge in [0.05, 0.1) is 0 Å². The summed E-state index contributed by atoms with van der Waals surface area (Å²) in [6.07, 6.45) is 6.68. The van der Waals surface area contributed by atoms with E-state index in [1.54, 1.807) is 0 Å². The van der Waals surface area contributed by atoms with Crippen molar-refractivity contribution in [3.05, 3.63) is 13.8 Å². The summed E-state index contributed by atoms with van der Waals surface area (Å²) in [4.78, 5) is 0. The Bertz CT molecular complexity index is 124. The van der Waals surface area contributed by atoms with Crippen molar-refractivity contribution < 1.29 is 17.1 Å². The van der Waals surface area contributed by atoms with Gasteiger partial charge >= 0.3 is 17.1 Å². The van der Waals surface area contributed by atoms with E-state index in [9.17, 15) is 0 Å². The Morgan fingerprint density at radius 2 is 1.77 bits per heavy atom. The molecule has 0 radical (unpaired) electrons. The van der Waals surface area contributed by atoms with Crippen LogP contribution in [-0.2, 0) is 17.1 Å². The molecule has 0 aliphatic heterocycles. The first kappa shape index (κ1) is 16.0. The molecule has 80 valence electrons. The van der Waals surface area contributed by atoms with Crippen molar-refractivity contribution in [3.8, 4) is 0 Å². The third kappa shape index (κ3) is 4.51. The van der Waals surface area contributed by atoms with Crippen LogP contribution in [0.3, 0.4) is 0 Å². The Morgan fingerprint density at radius 3 is 2.08 bits per heavy atom. The molecule has 0 N–H and O–H groups in total.